The quantitative estimate of drug-likeness (QED) is 0.801. The van der Waals surface area contributed by atoms with Crippen molar-refractivity contribution in [2.45, 2.75) is 25.3 Å². The maximum Gasteiger partial charge on any atom is 0.137 e. The Morgan fingerprint density at radius 2 is 2.28 bits per heavy atom. The van der Waals surface area contributed by atoms with Crippen LogP contribution in [0.15, 0.2) is 18.5 Å². The molecule has 0 spiro atoms. The van der Waals surface area contributed by atoms with E-state index in [1.807, 2.05) is 6.20 Å². The predicted molar refractivity (Wildman–Crippen MR) is 73.7 cm³/mol. The third-order valence-electron chi connectivity index (χ3n) is 3.92. The first-order valence-corrected chi connectivity index (χ1v) is 6.52. The lowest BCUT2D eigenvalue weighted by Gasteiger charge is -2.33. The summed E-state index contributed by atoms with van der Waals surface area (Å²) in [4.78, 5) is 10.0. The van der Waals surface area contributed by atoms with Gasteiger partial charge in [0.25, 0.3) is 0 Å². The lowest BCUT2D eigenvalue weighted by atomic mass is 9.88. The monoisotopic (exact) mass is 244 g/mol. The van der Waals surface area contributed by atoms with E-state index >= 15 is 0 Å². The van der Waals surface area contributed by atoms with Crippen molar-refractivity contribution in [2.75, 3.05) is 20.1 Å². The number of aromatic amines is 1. The first kappa shape index (κ1) is 11.7. The van der Waals surface area contributed by atoms with Crippen LogP contribution in [0.4, 0.5) is 0 Å². The zero-order chi connectivity index (χ0) is 12.7. The molecule has 4 nitrogen and oxygen atoms in total. The average molecular weight is 244 g/mol. The molecule has 2 aromatic heterocycles. The topological polar surface area (TPSA) is 57.9 Å². The third kappa shape index (κ3) is 1.91. The molecule has 2 aromatic rings. The van der Waals surface area contributed by atoms with E-state index in [-0.39, 0.29) is 6.04 Å². The van der Waals surface area contributed by atoms with Crippen LogP contribution >= 0.6 is 0 Å². The largest absolute Gasteiger partial charge is 0.346 e. The van der Waals surface area contributed by atoms with Crippen LogP contribution in [0.1, 0.15) is 23.5 Å². The minimum atomic E-state index is 0.274. The molecule has 0 bridgehead atoms. The molecule has 0 aromatic carbocycles. The van der Waals surface area contributed by atoms with Gasteiger partial charge in [-0.05, 0) is 37.6 Å². The highest BCUT2D eigenvalue weighted by Crippen LogP contribution is 2.32. The van der Waals surface area contributed by atoms with Gasteiger partial charge in [-0.2, -0.15) is 0 Å². The zero-order valence-corrected chi connectivity index (χ0v) is 11.0. The van der Waals surface area contributed by atoms with E-state index in [0.29, 0.717) is 5.92 Å². The van der Waals surface area contributed by atoms with Crippen molar-refractivity contribution in [3.63, 3.8) is 0 Å². The van der Waals surface area contributed by atoms with Crippen LogP contribution in [-0.2, 0) is 0 Å². The summed E-state index contributed by atoms with van der Waals surface area (Å²) in [6.45, 7) is 4.22. The fourth-order valence-electron chi connectivity index (χ4n) is 3.16. The highest BCUT2D eigenvalue weighted by atomic mass is 15.1. The van der Waals surface area contributed by atoms with Gasteiger partial charge in [-0.15, -0.1) is 0 Å². The van der Waals surface area contributed by atoms with Crippen molar-refractivity contribution in [1.82, 2.24) is 14.9 Å². The Labute approximate surface area is 107 Å². The summed E-state index contributed by atoms with van der Waals surface area (Å²) in [7, 11) is 2.14. The molecule has 2 unspecified atom stereocenters. The number of hydrogen-bond donors (Lipinski definition) is 2. The molecule has 1 aliphatic rings. The number of likely N-dealkylation sites (N-methyl/N-ethyl adjacent to an activating group) is 1. The molecule has 1 fully saturated rings. The highest BCUT2D eigenvalue weighted by Gasteiger charge is 2.26. The summed E-state index contributed by atoms with van der Waals surface area (Å²) in [5.41, 5.74) is 9.79. The van der Waals surface area contributed by atoms with Crippen LogP contribution in [0, 0.1) is 6.92 Å². The van der Waals surface area contributed by atoms with Crippen LogP contribution in [-0.4, -0.2) is 41.0 Å². The molecular weight excluding hydrogens is 224 g/mol. The van der Waals surface area contributed by atoms with E-state index in [4.69, 9.17) is 5.73 Å². The Morgan fingerprint density at radius 1 is 1.44 bits per heavy atom. The summed E-state index contributed by atoms with van der Waals surface area (Å²) in [6.07, 6.45) is 5.03. The number of rotatable bonds is 1. The number of nitrogens with zero attached hydrogens (tertiary/aromatic N) is 2. The highest BCUT2D eigenvalue weighted by molar-refractivity contribution is 5.83. The molecule has 3 N–H and O–H groups in total. The second-order valence-electron chi connectivity index (χ2n) is 5.51. The van der Waals surface area contributed by atoms with Gasteiger partial charge in [-0.1, -0.05) is 0 Å². The van der Waals surface area contributed by atoms with Crippen LogP contribution in [0.2, 0.25) is 0 Å². The molecule has 1 saturated heterocycles. The Morgan fingerprint density at radius 3 is 3.06 bits per heavy atom. The van der Waals surface area contributed by atoms with Crippen molar-refractivity contribution in [3.05, 3.63) is 29.6 Å². The van der Waals surface area contributed by atoms with Gasteiger partial charge in [0, 0.05) is 42.8 Å². The van der Waals surface area contributed by atoms with Gasteiger partial charge in [-0.3, -0.25) is 0 Å². The SMILES string of the molecule is Cc1ccnc2[nH]cc(C3CC(N)CN(C)C3)c12. The second-order valence-corrected chi connectivity index (χ2v) is 5.51. The molecule has 3 rings (SSSR count). The van der Waals surface area contributed by atoms with Gasteiger partial charge in [-0.25, -0.2) is 4.98 Å². The number of hydrogen-bond acceptors (Lipinski definition) is 3. The van der Waals surface area contributed by atoms with Crippen LogP contribution in [0.5, 0.6) is 0 Å². The molecule has 0 amide bonds. The van der Waals surface area contributed by atoms with E-state index in [2.05, 4.69) is 41.1 Å². The summed E-state index contributed by atoms with van der Waals surface area (Å²) < 4.78 is 0. The van der Waals surface area contributed by atoms with Gasteiger partial charge >= 0.3 is 0 Å². The standard InChI is InChI=1S/C14H20N4/c1-9-3-4-16-14-13(9)12(6-17-14)10-5-11(15)8-18(2)7-10/h3-4,6,10-11H,5,7-8,15H2,1-2H3,(H,16,17). The second kappa shape index (κ2) is 4.37. The third-order valence-corrected chi connectivity index (χ3v) is 3.92. The molecule has 2 atom stereocenters. The van der Waals surface area contributed by atoms with Crippen LogP contribution in [0.3, 0.4) is 0 Å². The summed E-state index contributed by atoms with van der Waals surface area (Å²) >= 11 is 0. The molecule has 0 aliphatic carbocycles. The number of pyridine rings is 1. The summed E-state index contributed by atoms with van der Waals surface area (Å²) in [5, 5.41) is 1.28. The number of piperidine rings is 1. The first-order valence-electron chi connectivity index (χ1n) is 6.52. The van der Waals surface area contributed by atoms with Crippen LogP contribution in [0.25, 0.3) is 11.0 Å². The smallest absolute Gasteiger partial charge is 0.137 e. The fourth-order valence-corrected chi connectivity index (χ4v) is 3.16. The van der Waals surface area contributed by atoms with Crippen molar-refractivity contribution in [1.29, 1.82) is 0 Å². The molecule has 0 radical (unpaired) electrons. The number of H-pyrrole nitrogens is 1. The van der Waals surface area contributed by atoms with Crippen LogP contribution < -0.4 is 5.73 Å². The minimum absolute atomic E-state index is 0.274. The van der Waals surface area contributed by atoms with Gasteiger partial charge in [0.05, 0.1) is 0 Å². The van der Waals surface area contributed by atoms with Crippen molar-refractivity contribution in [3.8, 4) is 0 Å². The molecule has 0 saturated carbocycles. The van der Waals surface area contributed by atoms with E-state index in [9.17, 15) is 0 Å². The number of aromatic nitrogens is 2. The maximum absolute atomic E-state index is 6.14. The number of nitrogens with one attached hydrogen (secondary N) is 1. The van der Waals surface area contributed by atoms with Gasteiger partial charge in [0.2, 0.25) is 0 Å². The number of likely N-dealkylation sites (tertiary alicyclic amines) is 1. The first-order chi connectivity index (χ1) is 8.65. The van der Waals surface area contributed by atoms with Crippen molar-refractivity contribution in [2.24, 2.45) is 5.73 Å². The molecule has 18 heavy (non-hydrogen) atoms. The normalized spacial score (nSPS) is 25.7. The molecule has 3 heterocycles. The van der Waals surface area contributed by atoms with Gasteiger partial charge in [0.15, 0.2) is 0 Å². The maximum atomic E-state index is 6.14. The Kier molecular flexibility index (Phi) is 2.84. The lowest BCUT2D eigenvalue weighted by Crippen LogP contribution is -2.44. The molecule has 96 valence electrons. The van der Waals surface area contributed by atoms with E-state index in [1.165, 1.54) is 16.5 Å². The Bertz CT molecular complexity index is 550. The predicted octanol–water partition coefficient (Wildman–Crippen LogP) is 1.62. The Hall–Kier alpha value is -1.39. The fraction of sp³-hybridized carbons (Fsp3) is 0.500. The van der Waals surface area contributed by atoms with E-state index in [0.717, 1.165) is 25.2 Å². The van der Waals surface area contributed by atoms with Crippen molar-refractivity contribution >= 4 is 11.0 Å². The summed E-state index contributed by atoms with van der Waals surface area (Å²) in [5.74, 6) is 0.510. The Balaban J connectivity index is 2.04. The molecular formula is C14H20N4. The number of fused-ring (bicyclic) bond motifs is 1. The average Bonchev–Trinajstić information content (AvgIpc) is 2.73. The zero-order valence-electron chi connectivity index (χ0n) is 11.0. The van der Waals surface area contributed by atoms with Gasteiger partial charge in [0.1, 0.15) is 5.65 Å². The summed E-state index contributed by atoms with van der Waals surface area (Å²) in [6, 6.07) is 2.35. The van der Waals surface area contributed by atoms with Gasteiger partial charge < -0.3 is 15.6 Å². The van der Waals surface area contributed by atoms with E-state index < -0.39 is 0 Å². The minimum Gasteiger partial charge on any atom is -0.346 e. The molecule has 1 aliphatic heterocycles. The number of aryl methyl sites for hydroxylation is 1. The lowest BCUT2D eigenvalue weighted by molar-refractivity contribution is 0.227. The number of nitrogens with two attached hydrogens (primary N) is 1. The van der Waals surface area contributed by atoms with E-state index in [1.54, 1.807) is 0 Å². The molecule has 4 heteroatoms. The van der Waals surface area contributed by atoms with Crippen molar-refractivity contribution < 1.29 is 0 Å².